The van der Waals surface area contributed by atoms with E-state index in [4.69, 9.17) is 0 Å². The van der Waals surface area contributed by atoms with Crippen LogP contribution in [0.1, 0.15) is 25.0 Å². The van der Waals surface area contributed by atoms with Gasteiger partial charge < -0.3 is 4.74 Å². The van der Waals surface area contributed by atoms with Crippen molar-refractivity contribution in [3.63, 3.8) is 0 Å². The molecule has 0 aliphatic rings. The fraction of sp³-hybridized carbons (Fsp3) is 0.333. The van der Waals surface area contributed by atoms with Crippen LogP contribution in [0.15, 0.2) is 24.3 Å². The number of aryl methyl sites for hydroxylation is 1. The molecule has 15 heavy (non-hydrogen) atoms. The minimum Gasteiger partial charge on any atom is -0.393 e. The highest BCUT2D eigenvalue weighted by atomic mass is 16.6. The van der Waals surface area contributed by atoms with Crippen LogP contribution in [0, 0.1) is 0 Å². The Morgan fingerprint density at radius 3 is 2.33 bits per heavy atom. The molecule has 3 nitrogen and oxygen atoms in total. The molecule has 0 radical (unpaired) electrons. The smallest absolute Gasteiger partial charge is 0.317 e. The predicted molar refractivity (Wildman–Crippen MR) is 56.3 cm³/mol. The number of carbonyl (C=O) groups is 2. The van der Waals surface area contributed by atoms with Gasteiger partial charge in [-0.25, -0.2) is 0 Å². The maximum absolute atomic E-state index is 11.2. The Labute approximate surface area is 89.1 Å². The lowest BCUT2D eigenvalue weighted by Gasteiger charge is -2.05. The molecule has 0 amide bonds. The molecule has 80 valence electrons. The van der Waals surface area contributed by atoms with E-state index in [9.17, 15) is 9.59 Å². The first-order valence-electron chi connectivity index (χ1n) is 4.91. The van der Waals surface area contributed by atoms with E-state index in [1.165, 1.54) is 6.92 Å². The van der Waals surface area contributed by atoms with E-state index in [1.807, 2.05) is 31.2 Å². The number of esters is 2. The number of hydrogen-bond donors (Lipinski definition) is 0. The molecular weight excluding hydrogens is 192 g/mol. The van der Waals surface area contributed by atoms with Gasteiger partial charge in [0.25, 0.3) is 0 Å². The molecule has 0 unspecified atom stereocenters. The first kappa shape index (κ1) is 11.4. The van der Waals surface area contributed by atoms with Crippen molar-refractivity contribution in [2.45, 2.75) is 26.7 Å². The lowest BCUT2D eigenvalue weighted by atomic mass is 10.0. The average molecular weight is 206 g/mol. The highest BCUT2D eigenvalue weighted by Gasteiger charge is 2.09. The lowest BCUT2D eigenvalue weighted by Crippen LogP contribution is -2.12. The molecule has 0 aliphatic carbocycles. The predicted octanol–water partition coefficient (Wildman–Crippen LogP) is 1.88. The van der Waals surface area contributed by atoms with Gasteiger partial charge in [0.05, 0.1) is 6.42 Å². The Hall–Kier alpha value is -1.64. The third kappa shape index (κ3) is 3.54. The van der Waals surface area contributed by atoms with Crippen molar-refractivity contribution < 1.29 is 14.3 Å². The molecule has 1 rings (SSSR count). The van der Waals surface area contributed by atoms with Crippen molar-refractivity contribution >= 4 is 11.9 Å². The number of ether oxygens (including phenoxy) is 1. The van der Waals surface area contributed by atoms with Crippen LogP contribution >= 0.6 is 0 Å². The molecule has 0 N–H and O–H groups in total. The quantitative estimate of drug-likeness (QED) is 0.560. The highest BCUT2D eigenvalue weighted by molar-refractivity contribution is 5.85. The second kappa shape index (κ2) is 5.29. The summed E-state index contributed by atoms with van der Waals surface area (Å²) in [4.78, 5) is 21.8. The van der Waals surface area contributed by atoms with Crippen LogP contribution in [0.25, 0.3) is 0 Å². The topological polar surface area (TPSA) is 43.4 Å². The van der Waals surface area contributed by atoms with Crippen molar-refractivity contribution in [2.75, 3.05) is 0 Å². The maximum atomic E-state index is 11.2. The van der Waals surface area contributed by atoms with Crippen LogP contribution in [0.4, 0.5) is 0 Å². The van der Waals surface area contributed by atoms with Gasteiger partial charge in [-0.15, -0.1) is 0 Å². The van der Waals surface area contributed by atoms with Crippen LogP contribution in [-0.2, 0) is 27.2 Å². The Bertz CT molecular complexity index is 369. The molecule has 0 heterocycles. The van der Waals surface area contributed by atoms with E-state index in [2.05, 4.69) is 4.74 Å². The summed E-state index contributed by atoms with van der Waals surface area (Å²) in [6.45, 7) is 3.25. The van der Waals surface area contributed by atoms with Crippen LogP contribution < -0.4 is 0 Å². The van der Waals surface area contributed by atoms with Crippen molar-refractivity contribution in [3.05, 3.63) is 35.4 Å². The second-order valence-electron chi connectivity index (χ2n) is 3.26. The summed E-state index contributed by atoms with van der Waals surface area (Å²) in [6.07, 6.45) is 1.02. The van der Waals surface area contributed by atoms with E-state index < -0.39 is 11.9 Å². The van der Waals surface area contributed by atoms with E-state index in [0.717, 1.165) is 17.5 Å². The average Bonchev–Trinajstić information content (AvgIpc) is 2.17. The summed E-state index contributed by atoms with van der Waals surface area (Å²) in [5.41, 5.74) is 2.03. The minimum atomic E-state index is -0.561. The lowest BCUT2D eigenvalue weighted by molar-refractivity contribution is -0.157. The molecular formula is C12H14O3. The number of carbonyl (C=O) groups excluding carboxylic acids is 2. The van der Waals surface area contributed by atoms with Crippen molar-refractivity contribution in [3.8, 4) is 0 Å². The van der Waals surface area contributed by atoms with Crippen molar-refractivity contribution in [1.29, 1.82) is 0 Å². The highest BCUT2D eigenvalue weighted by Crippen LogP contribution is 2.10. The first-order chi connectivity index (χ1) is 7.13. The SMILES string of the molecule is CCc1ccccc1CC(=O)OC(C)=O. The summed E-state index contributed by atoms with van der Waals surface area (Å²) in [5.74, 6) is -1.06. The van der Waals surface area contributed by atoms with Gasteiger partial charge in [0.1, 0.15) is 0 Å². The largest absolute Gasteiger partial charge is 0.393 e. The summed E-state index contributed by atoms with van der Waals surface area (Å²) in [6, 6.07) is 7.64. The minimum absolute atomic E-state index is 0.156. The zero-order valence-corrected chi connectivity index (χ0v) is 8.95. The molecule has 0 saturated carbocycles. The molecule has 0 aliphatic heterocycles. The summed E-state index contributed by atoms with van der Waals surface area (Å²) >= 11 is 0. The fourth-order valence-corrected chi connectivity index (χ4v) is 1.43. The molecule has 1 aromatic rings. The van der Waals surface area contributed by atoms with Gasteiger partial charge in [-0.2, -0.15) is 0 Å². The Balaban J connectivity index is 2.71. The number of rotatable bonds is 3. The normalized spacial score (nSPS) is 9.73. The van der Waals surface area contributed by atoms with E-state index in [1.54, 1.807) is 0 Å². The molecule has 0 bridgehead atoms. The molecule has 0 atom stereocenters. The summed E-state index contributed by atoms with van der Waals surface area (Å²) < 4.78 is 4.48. The van der Waals surface area contributed by atoms with Gasteiger partial charge in [0.2, 0.25) is 0 Å². The van der Waals surface area contributed by atoms with Crippen molar-refractivity contribution in [1.82, 2.24) is 0 Å². The van der Waals surface area contributed by atoms with Crippen LogP contribution in [-0.4, -0.2) is 11.9 Å². The van der Waals surface area contributed by atoms with Gasteiger partial charge in [-0.05, 0) is 17.5 Å². The summed E-state index contributed by atoms with van der Waals surface area (Å²) in [5, 5.41) is 0. The van der Waals surface area contributed by atoms with Gasteiger partial charge >= 0.3 is 11.9 Å². The van der Waals surface area contributed by atoms with Gasteiger partial charge in [0.15, 0.2) is 0 Å². The Morgan fingerprint density at radius 2 is 1.80 bits per heavy atom. The molecule has 0 aromatic heterocycles. The van der Waals surface area contributed by atoms with Crippen LogP contribution in [0.2, 0.25) is 0 Å². The second-order valence-corrected chi connectivity index (χ2v) is 3.26. The summed E-state index contributed by atoms with van der Waals surface area (Å²) in [7, 11) is 0. The zero-order valence-electron chi connectivity index (χ0n) is 8.95. The maximum Gasteiger partial charge on any atom is 0.317 e. The molecule has 0 saturated heterocycles. The third-order valence-electron chi connectivity index (χ3n) is 2.09. The standard InChI is InChI=1S/C12H14O3/c1-3-10-6-4-5-7-11(10)8-12(14)15-9(2)13/h4-7H,3,8H2,1-2H3. The number of benzene rings is 1. The van der Waals surface area contributed by atoms with Crippen LogP contribution in [0.5, 0.6) is 0 Å². The number of hydrogen-bond acceptors (Lipinski definition) is 3. The monoisotopic (exact) mass is 206 g/mol. The van der Waals surface area contributed by atoms with E-state index in [0.29, 0.717) is 0 Å². The Kier molecular flexibility index (Phi) is 4.03. The van der Waals surface area contributed by atoms with Crippen LogP contribution in [0.3, 0.4) is 0 Å². The Morgan fingerprint density at radius 1 is 1.20 bits per heavy atom. The molecule has 1 aromatic carbocycles. The van der Waals surface area contributed by atoms with E-state index >= 15 is 0 Å². The first-order valence-corrected chi connectivity index (χ1v) is 4.91. The molecule has 0 spiro atoms. The zero-order chi connectivity index (χ0) is 11.3. The van der Waals surface area contributed by atoms with Gasteiger partial charge in [0, 0.05) is 6.92 Å². The van der Waals surface area contributed by atoms with Crippen molar-refractivity contribution in [2.24, 2.45) is 0 Å². The van der Waals surface area contributed by atoms with Gasteiger partial charge in [-0.1, -0.05) is 31.2 Å². The third-order valence-corrected chi connectivity index (χ3v) is 2.09. The fourth-order valence-electron chi connectivity index (χ4n) is 1.43. The van der Waals surface area contributed by atoms with Gasteiger partial charge in [-0.3, -0.25) is 9.59 Å². The molecule has 0 fully saturated rings. The molecule has 3 heteroatoms. The van der Waals surface area contributed by atoms with E-state index in [-0.39, 0.29) is 6.42 Å².